The summed E-state index contributed by atoms with van der Waals surface area (Å²) in [7, 11) is 0. The maximum Gasteiger partial charge on any atom is 0.266 e. The average molecular weight is 203 g/mol. The molecule has 0 atom stereocenters. The number of oxazole rings is 1. The average Bonchev–Trinajstić information content (AvgIpc) is 2.83. The Hall–Kier alpha value is -2.22. The van der Waals surface area contributed by atoms with Crippen molar-refractivity contribution in [3.05, 3.63) is 23.6 Å². The molecule has 0 saturated carbocycles. The van der Waals surface area contributed by atoms with E-state index in [-0.39, 0.29) is 17.5 Å². The summed E-state index contributed by atoms with van der Waals surface area (Å²) in [6.45, 7) is 1.98. The molecule has 0 spiro atoms. The van der Waals surface area contributed by atoms with Gasteiger partial charge < -0.3 is 14.6 Å². The highest BCUT2D eigenvalue weighted by molar-refractivity contribution is 5.52. The number of nitrogens with zero attached hydrogens (tertiary/aromatic N) is 2. The lowest BCUT2D eigenvalue weighted by Gasteiger charge is -1.88. The van der Waals surface area contributed by atoms with Crippen molar-refractivity contribution < 1.29 is 8.83 Å². The number of rotatable bonds is 2. The number of furan rings is 1. The maximum atomic E-state index is 8.65. The Balaban J connectivity index is 2.41. The fourth-order valence-corrected chi connectivity index (χ4v) is 1.20. The van der Waals surface area contributed by atoms with Gasteiger partial charge in [-0.15, -0.1) is 0 Å². The lowest BCUT2D eigenvalue weighted by atomic mass is 10.3. The third-order valence-electron chi connectivity index (χ3n) is 1.98. The van der Waals surface area contributed by atoms with Crippen molar-refractivity contribution in [1.29, 1.82) is 5.26 Å². The number of aryl methyl sites for hydroxylation is 1. The van der Waals surface area contributed by atoms with Crippen LogP contribution in [0.25, 0.3) is 11.7 Å². The van der Waals surface area contributed by atoms with E-state index >= 15 is 0 Å². The molecule has 0 aliphatic carbocycles. The Kier molecular flexibility index (Phi) is 2.18. The van der Waals surface area contributed by atoms with Crippen molar-refractivity contribution in [3.8, 4) is 17.7 Å². The summed E-state index contributed by atoms with van der Waals surface area (Å²) in [5.41, 5.74) is 5.52. The topological polar surface area (TPSA) is 89.0 Å². The van der Waals surface area contributed by atoms with E-state index in [4.69, 9.17) is 19.8 Å². The summed E-state index contributed by atoms with van der Waals surface area (Å²) in [6.07, 6.45) is 0.793. The number of nitriles is 1. The summed E-state index contributed by atoms with van der Waals surface area (Å²) in [5.74, 6) is 1.58. The van der Waals surface area contributed by atoms with Crippen LogP contribution in [0.4, 0.5) is 5.88 Å². The second kappa shape index (κ2) is 3.50. The van der Waals surface area contributed by atoms with Crippen molar-refractivity contribution in [2.45, 2.75) is 13.3 Å². The highest BCUT2D eigenvalue weighted by Crippen LogP contribution is 2.25. The molecule has 0 radical (unpaired) electrons. The van der Waals surface area contributed by atoms with Crippen molar-refractivity contribution in [2.24, 2.45) is 0 Å². The number of nitrogens with two attached hydrogens (primary N) is 1. The van der Waals surface area contributed by atoms with Crippen molar-refractivity contribution in [2.75, 3.05) is 5.73 Å². The molecule has 76 valence electrons. The maximum absolute atomic E-state index is 8.65. The molecule has 0 aromatic carbocycles. The van der Waals surface area contributed by atoms with Crippen LogP contribution >= 0.6 is 0 Å². The normalized spacial score (nSPS) is 10.1. The first-order valence-electron chi connectivity index (χ1n) is 4.50. The van der Waals surface area contributed by atoms with Gasteiger partial charge >= 0.3 is 0 Å². The Labute approximate surface area is 86.1 Å². The molecule has 0 aliphatic heterocycles. The van der Waals surface area contributed by atoms with Gasteiger partial charge in [-0.2, -0.15) is 10.2 Å². The molecule has 5 heteroatoms. The van der Waals surface area contributed by atoms with Crippen molar-refractivity contribution >= 4 is 5.88 Å². The Bertz CT molecular complexity index is 519. The smallest absolute Gasteiger partial charge is 0.266 e. The first kappa shape index (κ1) is 9.34. The molecule has 2 rings (SSSR count). The van der Waals surface area contributed by atoms with Gasteiger partial charge in [0.2, 0.25) is 11.6 Å². The van der Waals surface area contributed by atoms with Crippen LogP contribution in [0.5, 0.6) is 0 Å². The van der Waals surface area contributed by atoms with Crippen LogP contribution in [0.3, 0.4) is 0 Å². The van der Waals surface area contributed by atoms with E-state index in [0.717, 1.165) is 12.2 Å². The number of hydrogen-bond donors (Lipinski definition) is 1. The summed E-state index contributed by atoms with van der Waals surface area (Å²) < 4.78 is 10.5. The molecule has 2 aromatic heterocycles. The minimum Gasteiger partial charge on any atom is -0.456 e. The van der Waals surface area contributed by atoms with E-state index in [1.807, 2.05) is 19.1 Å². The number of anilines is 1. The summed E-state index contributed by atoms with van der Waals surface area (Å²) in [4.78, 5) is 3.90. The van der Waals surface area contributed by atoms with Crippen molar-refractivity contribution in [1.82, 2.24) is 4.98 Å². The van der Waals surface area contributed by atoms with E-state index in [1.165, 1.54) is 0 Å². The highest BCUT2D eigenvalue weighted by atomic mass is 16.4. The quantitative estimate of drug-likeness (QED) is 0.805. The molecule has 0 unspecified atom stereocenters. The van der Waals surface area contributed by atoms with Crippen LogP contribution < -0.4 is 5.73 Å². The SMILES string of the molecule is CCc1ccc(-c2nc(C#N)c(N)o2)o1. The molecule has 0 bridgehead atoms. The van der Waals surface area contributed by atoms with Gasteiger partial charge in [-0.3, -0.25) is 0 Å². The fourth-order valence-electron chi connectivity index (χ4n) is 1.20. The molecule has 0 aliphatic rings. The number of nitrogen functional groups attached to an aromatic ring is 1. The van der Waals surface area contributed by atoms with Gasteiger partial charge in [0.1, 0.15) is 11.8 Å². The second-order valence-corrected chi connectivity index (χ2v) is 2.96. The highest BCUT2D eigenvalue weighted by Gasteiger charge is 2.14. The zero-order valence-electron chi connectivity index (χ0n) is 8.15. The van der Waals surface area contributed by atoms with E-state index in [2.05, 4.69) is 4.98 Å². The van der Waals surface area contributed by atoms with Crippen LogP contribution in [-0.2, 0) is 6.42 Å². The van der Waals surface area contributed by atoms with Crippen LogP contribution in [0, 0.1) is 11.3 Å². The van der Waals surface area contributed by atoms with Gasteiger partial charge in [0.25, 0.3) is 5.89 Å². The van der Waals surface area contributed by atoms with Crippen LogP contribution in [0.15, 0.2) is 21.0 Å². The largest absolute Gasteiger partial charge is 0.456 e. The van der Waals surface area contributed by atoms with Crippen LogP contribution in [0.2, 0.25) is 0 Å². The van der Waals surface area contributed by atoms with Gasteiger partial charge in [0.05, 0.1) is 0 Å². The predicted octanol–water partition coefficient (Wildman–Crippen LogP) is 1.95. The zero-order valence-corrected chi connectivity index (χ0v) is 8.15. The monoisotopic (exact) mass is 203 g/mol. The number of hydrogen-bond acceptors (Lipinski definition) is 5. The van der Waals surface area contributed by atoms with E-state index in [9.17, 15) is 0 Å². The fraction of sp³-hybridized carbons (Fsp3) is 0.200. The molecular formula is C10H9N3O2. The van der Waals surface area contributed by atoms with Gasteiger partial charge in [0.15, 0.2) is 5.76 Å². The summed E-state index contributed by atoms with van der Waals surface area (Å²) in [6, 6.07) is 5.41. The van der Waals surface area contributed by atoms with Gasteiger partial charge in [-0.25, -0.2) is 0 Å². The Morgan fingerprint density at radius 3 is 2.80 bits per heavy atom. The third-order valence-corrected chi connectivity index (χ3v) is 1.98. The van der Waals surface area contributed by atoms with Gasteiger partial charge in [-0.05, 0) is 12.1 Å². The van der Waals surface area contributed by atoms with E-state index < -0.39 is 0 Å². The molecule has 15 heavy (non-hydrogen) atoms. The molecule has 0 amide bonds. The first-order chi connectivity index (χ1) is 7.24. The number of aromatic nitrogens is 1. The standard InChI is InChI=1S/C10H9N3O2/c1-2-6-3-4-8(14-6)10-13-7(5-11)9(12)15-10/h3-4H,2,12H2,1H3. The third kappa shape index (κ3) is 1.57. The molecule has 5 nitrogen and oxygen atoms in total. The lowest BCUT2D eigenvalue weighted by Crippen LogP contribution is -1.83. The van der Waals surface area contributed by atoms with Crippen LogP contribution in [0.1, 0.15) is 18.4 Å². The lowest BCUT2D eigenvalue weighted by molar-refractivity contribution is 0.496. The molecule has 2 heterocycles. The first-order valence-corrected chi connectivity index (χ1v) is 4.50. The second-order valence-electron chi connectivity index (χ2n) is 2.96. The van der Waals surface area contributed by atoms with Crippen molar-refractivity contribution in [3.63, 3.8) is 0 Å². The van der Waals surface area contributed by atoms with E-state index in [0.29, 0.717) is 5.76 Å². The molecule has 2 aromatic rings. The molecular weight excluding hydrogens is 194 g/mol. The summed E-state index contributed by atoms with van der Waals surface area (Å²) in [5, 5.41) is 8.65. The summed E-state index contributed by atoms with van der Waals surface area (Å²) >= 11 is 0. The Morgan fingerprint density at radius 2 is 2.27 bits per heavy atom. The minimum absolute atomic E-state index is 0.0157. The zero-order chi connectivity index (χ0) is 10.8. The van der Waals surface area contributed by atoms with E-state index in [1.54, 1.807) is 6.07 Å². The Morgan fingerprint density at radius 1 is 1.47 bits per heavy atom. The molecule has 0 fully saturated rings. The predicted molar refractivity (Wildman–Crippen MR) is 52.7 cm³/mol. The van der Waals surface area contributed by atoms with Gasteiger partial charge in [-0.1, -0.05) is 6.92 Å². The van der Waals surface area contributed by atoms with Gasteiger partial charge in [0, 0.05) is 6.42 Å². The molecule has 2 N–H and O–H groups in total. The molecule has 0 saturated heterocycles. The minimum atomic E-state index is 0.0157. The van der Waals surface area contributed by atoms with Crippen LogP contribution in [-0.4, -0.2) is 4.98 Å².